The summed E-state index contributed by atoms with van der Waals surface area (Å²) in [4.78, 5) is 11.9. The molecule has 164 valence electrons. The van der Waals surface area contributed by atoms with Gasteiger partial charge in [-0.05, 0) is 44.9 Å². The van der Waals surface area contributed by atoms with Gasteiger partial charge in [0.25, 0.3) is 0 Å². The number of carbonyl (C=O) groups is 1. The van der Waals surface area contributed by atoms with Crippen molar-refractivity contribution in [3.05, 3.63) is 36.5 Å². The summed E-state index contributed by atoms with van der Waals surface area (Å²) in [5, 5.41) is 12.2. The van der Waals surface area contributed by atoms with Crippen LogP contribution in [0, 0.1) is 5.92 Å². The number of rotatable bonds is 19. The van der Waals surface area contributed by atoms with E-state index in [-0.39, 0.29) is 18.4 Å². The smallest absolute Gasteiger partial charge is 0.220 e. The molecule has 0 bridgehead atoms. The van der Waals surface area contributed by atoms with E-state index in [4.69, 9.17) is 12.6 Å². The number of aliphatic hydroxyl groups is 1. The van der Waals surface area contributed by atoms with E-state index in [0.717, 1.165) is 38.5 Å². The Labute approximate surface area is 180 Å². The van der Waals surface area contributed by atoms with Crippen LogP contribution in [0.4, 0.5) is 0 Å². The van der Waals surface area contributed by atoms with Gasteiger partial charge in [-0.2, -0.15) is 0 Å². The van der Waals surface area contributed by atoms with Crippen molar-refractivity contribution >= 4 is 13.8 Å². The van der Waals surface area contributed by atoms with E-state index in [1.807, 2.05) is 0 Å². The maximum Gasteiger partial charge on any atom is 0.220 e. The van der Waals surface area contributed by atoms with Gasteiger partial charge in [-0.25, -0.2) is 0 Å². The van der Waals surface area contributed by atoms with Gasteiger partial charge >= 0.3 is 0 Å². The van der Waals surface area contributed by atoms with E-state index in [2.05, 4.69) is 48.7 Å². The van der Waals surface area contributed by atoms with Crippen molar-refractivity contribution in [2.75, 3.05) is 20.3 Å². The van der Waals surface area contributed by atoms with Gasteiger partial charge in [-0.3, -0.25) is 4.79 Å². The predicted molar refractivity (Wildman–Crippen MR) is 124 cm³/mol. The molecule has 29 heavy (non-hydrogen) atoms. The lowest BCUT2D eigenvalue weighted by atomic mass is 9.89. The number of hydrogen-bond acceptors (Lipinski definition) is 3. The molecule has 0 heterocycles. The zero-order valence-electron chi connectivity index (χ0n) is 18.7. The number of aliphatic hydroxyl groups excluding tert-OH is 1. The average Bonchev–Trinajstić information content (AvgIpc) is 2.73. The summed E-state index contributed by atoms with van der Waals surface area (Å²) >= 11 is 0. The van der Waals surface area contributed by atoms with E-state index in [0.29, 0.717) is 19.4 Å². The highest BCUT2D eigenvalue weighted by molar-refractivity contribution is 6.10. The monoisotopic (exact) mass is 403 g/mol. The summed E-state index contributed by atoms with van der Waals surface area (Å²) in [5.41, 5.74) is 0. The molecule has 0 aliphatic rings. The van der Waals surface area contributed by atoms with E-state index >= 15 is 0 Å². The minimum atomic E-state index is -0.400. The Bertz CT molecular complexity index is 463. The number of nitrogens with one attached hydrogen (secondary N) is 1. The number of hydrogen-bond donors (Lipinski definition) is 2. The van der Waals surface area contributed by atoms with Crippen LogP contribution in [-0.2, 0) is 9.53 Å². The Morgan fingerprint density at radius 1 is 1.00 bits per heavy atom. The van der Waals surface area contributed by atoms with E-state index in [1.165, 1.54) is 19.3 Å². The fraction of sp³-hybridized carbons (Fsp3) is 0.708. The maximum absolute atomic E-state index is 11.9. The normalized spacial score (nSPS) is 14.2. The molecule has 0 unspecified atom stereocenters. The number of unbranched alkanes of at least 4 members (excludes halogenated alkanes) is 5. The molecule has 1 amide bonds. The maximum atomic E-state index is 11.9. The third-order valence-corrected chi connectivity index (χ3v) is 4.77. The zero-order chi connectivity index (χ0) is 21.6. The number of carbonyl (C=O) groups excluding carboxylic acids is 1. The van der Waals surface area contributed by atoms with Crippen LogP contribution in [0.1, 0.15) is 77.6 Å². The lowest BCUT2D eigenvalue weighted by molar-refractivity contribution is -0.121. The van der Waals surface area contributed by atoms with Crippen molar-refractivity contribution in [3.8, 4) is 0 Å². The second kappa shape index (κ2) is 21.4. The molecule has 2 atom stereocenters. The van der Waals surface area contributed by atoms with Crippen LogP contribution in [0.2, 0.25) is 0 Å². The number of ether oxygens (including phenoxy) is 1. The SMILES string of the molecule is [B][C@@H](C[C@@H](CO)CNC(=O)CCCCCCC/C=C\C/C=C\C/C=C\CC)OC. The quantitative estimate of drug-likeness (QED) is 0.184. The van der Waals surface area contributed by atoms with Crippen LogP contribution in [0.15, 0.2) is 36.5 Å². The number of amides is 1. The Morgan fingerprint density at radius 2 is 1.62 bits per heavy atom. The second-order valence-electron chi connectivity index (χ2n) is 7.46. The van der Waals surface area contributed by atoms with Crippen LogP contribution in [-0.4, -0.2) is 45.1 Å². The first-order valence-corrected chi connectivity index (χ1v) is 11.2. The molecule has 0 aliphatic heterocycles. The van der Waals surface area contributed by atoms with Crippen molar-refractivity contribution in [2.24, 2.45) is 5.92 Å². The Balaban J connectivity index is 3.52. The number of allylic oxidation sites excluding steroid dienone is 6. The highest BCUT2D eigenvalue weighted by Gasteiger charge is 2.13. The van der Waals surface area contributed by atoms with Crippen LogP contribution in [0.25, 0.3) is 0 Å². The summed E-state index contributed by atoms with van der Waals surface area (Å²) < 4.78 is 4.99. The summed E-state index contributed by atoms with van der Waals surface area (Å²) in [5.74, 6) is -0.00838. The third-order valence-electron chi connectivity index (χ3n) is 4.77. The van der Waals surface area contributed by atoms with Gasteiger partial charge in [0, 0.05) is 38.6 Å². The molecule has 0 aliphatic carbocycles. The van der Waals surface area contributed by atoms with Gasteiger partial charge in [0.15, 0.2) is 0 Å². The van der Waals surface area contributed by atoms with Crippen LogP contribution < -0.4 is 5.32 Å². The van der Waals surface area contributed by atoms with Gasteiger partial charge in [-0.15, -0.1) is 0 Å². The van der Waals surface area contributed by atoms with Gasteiger partial charge in [0.05, 0.1) is 0 Å². The fourth-order valence-corrected chi connectivity index (χ4v) is 2.90. The first-order valence-electron chi connectivity index (χ1n) is 11.2. The molecular formula is C24H42BNO3. The van der Waals surface area contributed by atoms with Gasteiger partial charge < -0.3 is 15.2 Å². The molecule has 5 heteroatoms. The first kappa shape index (κ1) is 27.7. The fourth-order valence-electron chi connectivity index (χ4n) is 2.90. The van der Waals surface area contributed by atoms with Crippen molar-refractivity contribution in [3.63, 3.8) is 0 Å². The van der Waals surface area contributed by atoms with Gasteiger partial charge in [0.1, 0.15) is 7.85 Å². The summed E-state index contributed by atoms with van der Waals surface area (Å²) in [6, 6.07) is -0.400. The molecule has 0 aromatic rings. The number of methoxy groups -OCH3 is 1. The molecule has 2 N–H and O–H groups in total. The lowest BCUT2D eigenvalue weighted by Crippen LogP contribution is -2.33. The van der Waals surface area contributed by atoms with Gasteiger partial charge in [-0.1, -0.05) is 62.6 Å². The molecule has 0 fully saturated rings. The highest BCUT2D eigenvalue weighted by atomic mass is 16.5. The largest absolute Gasteiger partial charge is 0.396 e. The summed E-state index contributed by atoms with van der Waals surface area (Å²) in [6.45, 7) is 2.60. The molecule has 0 saturated heterocycles. The molecular weight excluding hydrogens is 361 g/mol. The molecule has 2 radical (unpaired) electrons. The van der Waals surface area contributed by atoms with Crippen molar-refractivity contribution in [2.45, 2.75) is 83.6 Å². The van der Waals surface area contributed by atoms with Crippen molar-refractivity contribution < 1.29 is 14.6 Å². The molecule has 0 rings (SSSR count). The predicted octanol–water partition coefficient (Wildman–Crippen LogP) is 4.83. The second-order valence-corrected chi connectivity index (χ2v) is 7.46. The van der Waals surface area contributed by atoms with Crippen molar-refractivity contribution in [1.82, 2.24) is 5.32 Å². The van der Waals surface area contributed by atoms with Crippen LogP contribution in [0.5, 0.6) is 0 Å². The Kier molecular flexibility index (Phi) is 20.4. The minimum absolute atomic E-state index is 0.00161. The molecule has 0 aromatic heterocycles. The summed E-state index contributed by atoms with van der Waals surface area (Å²) in [6.07, 6.45) is 24.3. The molecule has 0 saturated carbocycles. The molecule has 4 nitrogen and oxygen atoms in total. The topological polar surface area (TPSA) is 58.6 Å². The summed E-state index contributed by atoms with van der Waals surface area (Å²) in [7, 11) is 7.24. The lowest BCUT2D eigenvalue weighted by Gasteiger charge is -2.19. The van der Waals surface area contributed by atoms with E-state index in [9.17, 15) is 9.90 Å². The average molecular weight is 403 g/mol. The third kappa shape index (κ3) is 19.8. The Hall–Kier alpha value is -1.33. The highest BCUT2D eigenvalue weighted by Crippen LogP contribution is 2.09. The molecule has 0 spiro atoms. The first-order chi connectivity index (χ1) is 14.1. The van der Waals surface area contributed by atoms with Gasteiger partial charge in [0.2, 0.25) is 5.91 Å². The standard InChI is InChI=1S/C24H42BNO3/c1-3-4-5-6-7-8-9-10-11-12-13-14-15-16-17-18-24(28)26-20-22(21-27)19-23(25)29-2/h4-5,7-8,10-11,22-23,27H,3,6,9,12-21H2,1-2H3,(H,26,28)/b5-4-,8-7-,11-10-/t22-,23-/m1/s1. The minimum Gasteiger partial charge on any atom is -0.396 e. The van der Waals surface area contributed by atoms with Crippen molar-refractivity contribution in [1.29, 1.82) is 0 Å². The Morgan fingerprint density at radius 3 is 2.28 bits per heavy atom. The van der Waals surface area contributed by atoms with Crippen LogP contribution in [0.3, 0.4) is 0 Å². The molecule has 0 aromatic carbocycles. The zero-order valence-corrected chi connectivity index (χ0v) is 18.7. The van der Waals surface area contributed by atoms with E-state index in [1.54, 1.807) is 7.11 Å². The van der Waals surface area contributed by atoms with Crippen LogP contribution >= 0.6 is 0 Å². The van der Waals surface area contributed by atoms with E-state index < -0.39 is 6.00 Å².